The molecule has 0 bridgehead atoms. The van der Waals surface area contributed by atoms with Crippen molar-refractivity contribution in [3.8, 4) is 0 Å². The molecule has 1 N–H and O–H groups in total. The Morgan fingerprint density at radius 1 is 1.21 bits per heavy atom. The number of non-ortho nitro benzene ring substituents is 1. The molecule has 5 nitrogen and oxygen atoms in total. The summed E-state index contributed by atoms with van der Waals surface area (Å²) in [6, 6.07) is 12.7. The maximum absolute atomic E-state index is 12.8. The molecule has 0 amide bonds. The molecule has 24 heavy (non-hydrogen) atoms. The van der Waals surface area contributed by atoms with Gasteiger partial charge in [-0.1, -0.05) is 0 Å². The number of ketones is 1. The van der Waals surface area contributed by atoms with E-state index in [0.717, 1.165) is 4.46 Å². The fourth-order valence-corrected chi connectivity index (χ4v) is 3.55. The van der Waals surface area contributed by atoms with Crippen molar-refractivity contribution < 1.29 is 14.8 Å². The number of hydrogen-bond acceptors (Lipinski definition) is 4. The first-order valence-corrected chi connectivity index (χ1v) is 9.70. The van der Waals surface area contributed by atoms with Gasteiger partial charge < -0.3 is 0 Å². The van der Waals surface area contributed by atoms with Crippen LogP contribution < -0.4 is 4.46 Å². The Morgan fingerprint density at radius 3 is 2.33 bits per heavy atom. The molecule has 0 aliphatic rings. The van der Waals surface area contributed by atoms with Gasteiger partial charge in [0, 0.05) is 0 Å². The SMILES string of the molecule is C=C(C(=O)c1ccccc1[Se]C)C(C)(O)c1ccc([N+](=O)[O-])cc1. The van der Waals surface area contributed by atoms with Crippen LogP contribution in [0.4, 0.5) is 5.69 Å². The van der Waals surface area contributed by atoms with Crippen LogP contribution in [0.1, 0.15) is 22.8 Å². The molecule has 2 aromatic rings. The van der Waals surface area contributed by atoms with Crippen molar-refractivity contribution in [2.75, 3.05) is 0 Å². The average Bonchev–Trinajstić information content (AvgIpc) is 2.60. The Bertz CT molecular complexity index is 797. The molecule has 124 valence electrons. The van der Waals surface area contributed by atoms with E-state index in [1.807, 2.05) is 18.0 Å². The zero-order chi connectivity index (χ0) is 17.9. The molecule has 6 heteroatoms. The minimum atomic E-state index is -1.61. The quantitative estimate of drug-likeness (QED) is 0.270. The third kappa shape index (κ3) is 3.46. The second-order valence-electron chi connectivity index (χ2n) is 5.38. The van der Waals surface area contributed by atoms with Crippen molar-refractivity contribution in [2.45, 2.75) is 18.3 Å². The van der Waals surface area contributed by atoms with Crippen LogP contribution >= 0.6 is 0 Å². The van der Waals surface area contributed by atoms with Crippen molar-refractivity contribution in [1.82, 2.24) is 0 Å². The van der Waals surface area contributed by atoms with Crippen LogP contribution in [0, 0.1) is 10.1 Å². The van der Waals surface area contributed by atoms with Crippen LogP contribution in [0.5, 0.6) is 0 Å². The summed E-state index contributed by atoms with van der Waals surface area (Å²) in [6.07, 6.45) is 0. The molecule has 0 radical (unpaired) electrons. The fraction of sp³-hybridized carbons (Fsp3) is 0.167. The third-order valence-corrected chi connectivity index (χ3v) is 5.52. The van der Waals surface area contributed by atoms with Gasteiger partial charge in [0.1, 0.15) is 0 Å². The molecule has 0 saturated heterocycles. The van der Waals surface area contributed by atoms with Crippen LogP contribution in [-0.2, 0) is 5.60 Å². The predicted octanol–water partition coefficient (Wildman–Crippen LogP) is 2.62. The van der Waals surface area contributed by atoms with E-state index in [0.29, 0.717) is 11.1 Å². The summed E-state index contributed by atoms with van der Waals surface area (Å²) >= 11 is 0.131. The van der Waals surface area contributed by atoms with Crippen LogP contribution in [0.2, 0.25) is 5.82 Å². The second-order valence-corrected chi connectivity index (χ2v) is 7.16. The molecule has 1 atom stereocenters. The van der Waals surface area contributed by atoms with Gasteiger partial charge in [-0.25, -0.2) is 0 Å². The normalized spacial score (nSPS) is 13.1. The number of aliphatic hydroxyl groups is 1. The molecule has 0 spiro atoms. The summed E-state index contributed by atoms with van der Waals surface area (Å²) in [5.41, 5.74) is -0.739. The van der Waals surface area contributed by atoms with E-state index in [-0.39, 0.29) is 32.0 Å². The number of hydrogen-bond donors (Lipinski definition) is 1. The molecular weight excluding hydrogens is 373 g/mol. The van der Waals surface area contributed by atoms with Crippen LogP contribution in [-0.4, -0.2) is 30.8 Å². The van der Waals surface area contributed by atoms with E-state index in [1.165, 1.54) is 31.2 Å². The van der Waals surface area contributed by atoms with Crippen LogP contribution in [0.3, 0.4) is 0 Å². The fourth-order valence-electron chi connectivity index (χ4n) is 2.30. The van der Waals surface area contributed by atoms with Crippen LogP contribution in [0.15, 0.2) is 60.7 Å². The van der Waals surface area contributed by atoms with Gasteiger partial charge in [0.15, 0.2) is 0 Å². The number of nitro groups is 1. The number of nitro benzene ring substituents is 1. The molecule has 2 rings (SSSR count). The van der Waals surface area contributed by atoms with Crippen molar-refractivity contribution in [1.29, 1.82) is 0 Å². The van der Waals surface area contributed by atoms with Gasteiger partial charge >= 0.3 is 146 Å². The van der Waals surface area contributed by atoms with Gasteiger partial charge in [0.2, 0.25) is 0 Å². The molecule has 0 aliphatic heterocycles. The van der Waals surface area contributed by atoms with Gasteiger partial charge in [-0.15, -0.1) is 0 Å². The molecule has 0 saturated carbocycles. The summed E-state index contributed by atoms with van der Waals surface area (Å²) in [4.78, 5) is 23.0. The second kappa shape index (κ2) is 7.09. The van der Waals surface area contributed by atoms with Crippen molar-refractivity contribution in [3.63, 3.8) is 0 Å². The molecule has 1 unspecified atom stereocenters. The first-order chi connectivity index (χ1) is 11.3. The molecule has 2 aromatic carbocycles. The van der Waals surface area contributed by atoms with Crippen molar-refractivity contribution in [2.24, 2.45) is 0 Å². The number of carbonyl (C=O) groups excluding carboxylic acids is 1. The van der Waals surface area contributed by atoms with E-state index in [9.17, 15) is 20.0 Å². The van der Waals surface area contributed by atoms with E-state index in [4.69, 9.17) is 0 Å². The number of rotatable bonds is 6. The Labute approximate surface area is 146 Å². The molecular formula is C18H17NO4Se. The molecule has 0 heterocycles. The first-order valence-electron chi connectivity index (χ1n) is 7.13. The number of benzene rings is 2. The van der Waals surface area contributed by atoms with E-state index in [2.05, 4.69) is 6.58 Å². The molecule has 0 aromatic heterocycles. The van der Waals surface area contributed by atoms with E-state index in [1.54, 1.807) is 12.1 Å². The average molecular weight is 390 g/mol. The van der Waals surface area contributed by atoms with Gasteiger partial charge in [-0.2, -0.15) is 0 Å². The standard InChI is InChI=1S/C18H17NO4Se/c1-12(17(20)15-6-4-5-7-16(15)24-3)18(2,21)13-8-10-14(11-9-13)19(22)23/h4-11,21H,1H2,2-3H3. The Kier molecular flexibility index (Phi) is 5.34. The first kappa shape index (κ1) is 18.1. The summed E-state index contributed by atoms with van der Waals surface area (Å²) in [5.74, 6) is 1.69. The maximum atomic E-state index is 12.8. The number of nitrogens with zero attached hydrogens (tertiary/aromatic N) is 1. The van der Waals surface area contributed by atoms with Crippen molar-refractivity contribution >= 4 is 30.9 Å². The number of Topliss-reactive ketones (excluding diaryl/α,β-unsaturated/α-hetero) is 1. The van der Waals surface area contributed by atoms with Gasteiger partial charge in [0.05, 0.1) is 0 Å². The summed E-state index contributed by atoms with van der Waals surface area (Å²) in [5, 5.41) is 21.5. The third-order valence-electron chi connectivity index (χ3n) is 3.85. The van der Waals surface area contributed by atoms with Gasteiger partial charge in [-0.05, 0) is 0 Å². The minimum absolute atomic E-state index is 0.0352. The molecule has 0 aliphatic carbocycles. The monoisotopic (exact) mass is 391 g/mol. The Balaban J connectivity index is 2.36. The van der Waals surface area contributed by atoms with Crippen LogP contribution in [0.25, 0.3) is 0 Å². The van der Waals surface area contributed by atoms with Gasteiger partial charge in [0.25, 0.3) is 0 Å². The van der Waals surface area contributed by atoms with Gasteiger partial charge in [-0.3, -0.25) is 0 Å². The predicted molar refractivity (Wildman–Crippen MR) is 93.8 cm³/mol. The summed E-state index contributed by atoms with van der Waals surface area (Å²) in [7, 11) is 0. The Hall–Kier alpha value is -2.27. The Morgan fingerprint density at radius 2 is 1.79 bits per heavy atom. The zero-order valence-electron chi connectivity index (χ0n) is 13.4. The zero-order valence-corrected chi connectivity index (χ0v) is 15.1. The molecule has 0 fully saturated rings. The van der Waals surface area contributed by atoms with Crippen molar-refractivity contribution in [3.05, 3.63) is 81.9 Å². The van der Waals surface area contributed by atoms with E-state index >= 15 is 0 Å². The van der Waals surface area contributed by atoms with E-state index < -0.39 is 10.5 Å². The number of carbonyl (C=O) groups is 1. The summed E-state index contributed by atoms with van der Waals surface area (Å²) in [6.45, 7) is 5.25. The summed E-state index contributed by atoms with van der Waals surface area (Å²) < 4.78 is 0.940. The topological polar surface area (TPSA) is 80.4 Å².